The van der Waals surface area contributed by atoms with Crippen molar-refractivity contribution < 1.29 is 23.8 Å². The van der Waals surface area contributed by atoms with Gasteiger partial charge in [-0.1, -0.05) is 0 Å². The van der Waals surface area contributed by atoms with Crippen molar-refractivity contribution in [1.82, 2.24) is 5.32 Å². The quantitative estimate of drug-likeness (QED) is 0.438. The molecule has 0 aromatic heterocycles. The van der Waals surface area contributed by atoms with Gasteiger partial charge >= 0.3 is 0 Å². The number of amides is 2. The molecule has 2 aromatic rings. The van der Waals surface area contributed by atoms with Gasteiger partial charge in [-0.2, -0.15) is 0 Å². The average Bonchev–Trinajstić information content (AvgIpc) is 3.34. The van der Waals surface area contributed by atoms with Gasteiger partial charge in [0.1, 0.15) is 12.4 Å². The molecule has 0 bridgehead atoms. The lowest BCUT2D eigenvalue weighted by Crippen LogP contribution is -2.25. The number of anilines is 2. The molecule has 172 valence electrons. The number of hydrogen-bond acceptors (Lipinski definition) is 6. The Balaban J connectivity index is 1.37. The van der Waals surface area contributed by atoms with E-state index in [1.165, 1.54) is 0 Å². The monoisotopic (exact) mass is 441 g/mol. The number of benzene rings is 2. The van der Waals surface area contributed by atoms with E-state index < -0.39 is 0 Å². The lowest BCUT2D eigenvalue weighted by molar-refractivity contribution is -0.114. The van der Waals surface area contributed by atoms with E-state index in [-0.39, 0.29) is 24.5 Å². The zero-order valence-corrected chi connectivity index (χ0v) is 18.4. The third-order valence-electron chi connectivity index (χ3n) is 5.01. The van der Waals surface area contributed by atoms with E-state index >= 15 is 0 Å². The van der Waals surface area contributed by atoms with Gasteiger partial charge in [0.05, 0.1) is 12.6 Å². The highest BCUT2D eigenvalue weighted by molar-refractivity contribution is 5.96. The van der Waals surface area contributed by atoms with Gasteiger partial charge in [-0.3, -0.25) is 9.59 Å². The summed E-state index contributed by atoms with van der Waals surface area (Å²) in [4.78, 5) is 24.3. The molecule has 0 spiro atoms. The fourth-order valence-corrected chi connectivity index (χ4v) is 3.25. The lowest BCUT2D eigenvalue weighted by Gasteiger charge is -2.12. The minimum atomic E-state index is -0.180. The number of ether oxygens (including phenoxy) is 3. The molecule has 1 atom stereocenters. The van der Waals surface area contributed by atoms with Crippen LogP contribution in [0.25, 0.3) is 0 Å². The molecule has 0 radical (unpaired) electrons. The summed E-state index contributed by atoms with van der Waals surface area (Å²) in [6.45, 7) is 2.65. The van der Waals surface area contributed by atoms with Gasteiger partial charge in [0.2, 0.25) is 5.91 Å². The van der Waals surface area contributed by atoms with Crippen LogP contribution in [-0.4, -0.2) is 57.9 Å². The van der Waals surface area contributed by atoms with Crippen LogP contribution in [-0.2, 0) is 14.3 Å². The molecular formula is C24H31N3O5. The van der Waals surface area contributed by atoms with Crippen molar-refractivity contribution in [3.63, 3.8) is 0 Å². The molecule has 1 saturated heterocycles. The molecule has 8 nitrogen and oxygen atoms in total. The largest absolute Gasteiger partial charge is 0.491 e. The van der Waals surface area contributed by atoms with Gasteiger partial charge in [0.25, 0.3) is 5.91 Å². The van der Waals surface area contributed by atoms with E-state index in [0.717, 1.165) is 37.3 Å². The smallest absolute Gasteiger partial charge is 0.251 e. The third-order valence-corrected chi connectivity index (χ3v) is 5.01. The molecule has 32 heavy (non-hydrogen) atoms. The first-order chi connectivity index (χ1) is 15.6. The second-order valence-electron chi connectivity index (χ2n) is 7.55. The number of carbonyl (C=O) groups is 2. The van der Waals surface area contributed by atoms with Crippen LogP contribution in [0, 0.1) is 0 Å². The molecule has 0 aliphatic carbocycles. The fraction of sp³-hybridized carbons (Fsp3) is 0.417. The van der Waals surface area contributed by atoms with Gasteiger partial charge in [0, 0.05) is 43.8 Å². The molecule has 1 unspecified atom stereocenters. The van der Waals surface area contributed by atoms with Crippen LogP contribution in [0.3, 0.4) is 0 Å². The summed E-state index contributed by atoms with van der Waals surface area (Å²) in [5.74, 6) is 0.447. The van der Waals surface area contributed by atoms with Crippen molar-refractivity contribution in [2.45, 2.75) is 25.4 Å². The topological polar surface area (TPSA) is 97.9 Å². The standard InChI is InChI=1S/C24H31N3O5/c1-30-14-3-13-25-24(29)18-5-7-20(8-6-18)27-23(28)16-26-19-9-11-21(12-10-19)32-17-22-4-2-15-31-22/h5-12,22,26H,2-4,13-17H2,1H3,(H,25,29)(H,27,28). The molecule has 2 amide bonds. The minimum absolute atomic E-state index is 0.123. The van der Waals surface area contributed by atoms with E-state index in [2.05, 4.69) is 16.0 Å². The lowest BCUT2D eigenvalue weighted by atomic mass is 10.2. The molecule has 1 fully saturated rings. The fourth-order valence-electron chi connectivity index (χ4n) is 3.25. The van der Waals surface area contributed by atoms with Crippen LogP contribution in [0.4, 0.5) is 11.4 Å². The third kappa shape index (κ3) is 7.86. The van der Waals surface area contributed by atoms with Crippen LogP contribution >= 0.6 is 0 Å². The summed E-state index contributed by atoms with van der Waals surface area (Å²) in [5.41, 5.74) is 2.00. The summed E-state index contributed by atoms with van der Waals surface area (Å²) >= 11 is 0. The Morgan fingerprint density at radius 1 is 1.06 bits per heavy atom. The zero-order chi connectivity index (χ0) is 22.6. The van der Waals surface area contributed by atoms with Crippen molar-refractivity contribution in [3.8, 4) is 5.75 Å². The molecule has 1 aliphatic heterocycles. The maximum absolute atomic E-state index is 12.2. The maximum atomic E-state index is 12.2. The minimum Gasteiger partial charge on any atom is -0.491 e. The van der Waals surface area contributed by atoms with Crippen molar-refractivity contribution in [3.05, 3.63) is 54.1 Å². The summed E-state index contributed by atoms with van der Waals surface area (Å²) in [5, 5.41) is 8.73. The Kier molecular flexibility index (Phi) is 9.34. The Morgan fingerprint density at radius 2 is 1.81 bits per heavy atom. The predicted molar refractivity (Wildman–Crippen MR) is 123 cm³/mol. The van der Waals surface area contributed by atoms with Crippen molar-refractivity contribution in [2.24, 2.45) is 0 Å². The Hall–Kier alpha value is -3.10. The highest BCUT2D eigenvalue weighted by Crippen LogP contribution is 2.18. The first kappa shape index (κ1) is 23.6. The average molecular weight is 442 g/mol. The van der Waals surface area contributed by atoms with Crippen molar-refractivity contribution >= 4 is 23.2 Å². The van der Waals surface area contributed by atoms with E-state index in [1.807, 2.05) is 24.3 Å². The van der Waals surface area contributed by atoms with Crippen LogP contribution in [0.2, 0.25) is 0 Å². The number of nitrogens with one attached hydrogen (secondary N) is 3. The van der Waals surface area contributed by atoms with Crippen molar-refractivity contribution in [1.29, 1.82) is 0 Å². The molecule has 0 saturated carbocycles. The molecule has 2 aromatic carbocycles. The summed E-state index contributed by atoms with van der Waals surface area (Å²) in [7, 11) is 1.63. The van der Waals surface area contributed by atoms with Gasteiger partial charge < -0.3 is 30.2 Å². The Morgan fingerprint density at radius 3 is 2.50 bits per heavy atom. The highest BCUT2D eigenvalue weighted by Gasteiger charge is 2.15. The normalized spacial score (nSPS) is 15.2. The SMILES string of the molecule is COCCCNC(=O)c1ccc(NC(=O)CNc2ccc(OCC3CCCO3)cc2)cc1. The summed E-state index contributed by atoms with van der Waals surface area (Å²) < 4.78 is 16.2. The number of hydrogen-bond donors (Lipinski definition) is 3. The molecule has 1 heterocycles. The van der Waals surface area contributed by atoms with Gasteiger partial charge in [0.15, 0.2) is 0 Å². The van der Waals surface area contributed by atoms with Gasteiger partial charge in [-0.05, 0) is 67.8 Å². The number of rotatable bonds is 12. The molecule has 8 heteroatoms. The summed E-state index contributed by atoms with van der Waals surface area (Å²) in [6, 6.07) is 14.3. The number of carbonyl (C=O) groups excluding carboxylic acids is 2. The summed E-state index contributed by atoms with van der Waals surface area (Å²) in [6.07, 6.45) is 3.07. The zero-order valence-electron chi connectivity index (χ0n) is 18.4. The molecule has 1 aliphatic rings. The Labute approximate surface area is 188 Å². The van der Waals surface area contributed by atoms with Crippen LogP contribution in [0.5, 0.6) is 5.75 Å². The van der Waals surface area contributed by atoms with E-state index in [0.29, 0.717) is 31.0 Å². The highest BCUT2D eigenvalue weighted by atomic mass is 16.5. The second-order valence-corrected chi connectivity index (χ2v) is 7.55. The molecule has 3 N–H and O–H groups in total. The van der Waals surface area contributed by atoms with Crippen LogP contribution in [0.15, 0.2) is 48.5 Å². The first-order valence-corrected chi connectivity index (χ1v) is 10.9. The maximum Gasteiger partial charge on any atom is 0.251 e. The first-order valence-electron chi connectivity index (χ1n) is 10.9. The van der Waals surface area contributed by atoms with Crippen LogP contribution in [0.1, 0.15) is 29.6 Å². The van der Waals surface area contributed by atoms with Gasteiger partial charge in [-0.15, -0.1) is 0 Å². The van der Waals surface area contributed by atoms with E-state index in [4.69, 9.17) is 14.2 Å². The number of methoxy groups -OCH3 is 1. The molecule has 3 rings (SSSR count). The predicted octanol–water partition coefficient (Wildman–Crippen LogP) is 3.06. The van der Waals surface area contributed by atoms with E-state index in [1.54, 1.807) is 31.4 Å². The van der Waals surface area contributed by atoms with Crippen molar-refractivity contribution in [2.75, 3.05) is 50.7 Å². The molecular weight excluding hydrogens is 410 g/mol. The van der Waals surface area contributed by atoms with E-state index in [9.17, 15) is 9.59 Å². The van der Waals surface area contributed by atoms with Gasteiger partial charge in [-0.25, -0.2) is 0 Å². The second kappa shape index (κ2) is 12.7. The van der Waals surface area contributed by atoms with Crippen LogP contribution < -0.4 is 20.7 Å². The Bertz CT molecular complexity index is 849.